The lowest BCUT2D eigenvalue weighted by Gasteiger charge is -2.12. The highest BCUT2D eigenvalue weighted by Gasteiger charge is 2.24. The predicted octanol–water partition coefficient (Wildman–Crippen LogP) is 13.1. The number of nitrogens with zero attached hydrogens (tertiary/aromatic N) is 4. The molecule has 11 rings (SSSR count). The number of rotatable bonds is 6. The Morgan fingerprint density at radius 2 is 0.625 bits per heavy atom. The molecular formula is C50H30N4O2. The van der Waals surface area contributed by atoms with E-state index < -0.39 is 0 Å². The van der Waals surface area contributed by atoms with Gasteiger partial charge >= 0.3 is 0 Å². The average Bonchev–Trinajstić information content (AvgIpc) is 3.85. The molecule has 0 aliphatic carbocycles. The van der Waals surface area contributed by atoms with Gasteiger partial charge in [0, 0.05) is 33.0 Å². The van der Waals surface area contributed by atoms with Gasteiger partial charge in [-0.2, -0.15) is 0 Å². The molecule has 0 amide bonds. The van der Waals surface area contributed by atoms with Gasteiger partial charge in [-0.3, -0.25) is 0 Å². The summed E-state index contributed by atoms with van der Waals surface area (Å²) in [6.45, 7) is 0. The molecule has 0 bridgehead atoms. The average molecular weight is 719 g/mol. The van der Waals surface area contributed by atoms with Gasteiger partial charge in [0.05, 0.1) is 0 Å². The van der Waals surface area contributed by atoms with Gasteiger partial charge < -0.3 is 8.83 Å². The molecule has 56 heavy (non-hydrogen) atoms. The Balaban J connectivity index is 1.13. The van der Waals surface area contributed by atoms with Gasteiger partial charge in [0.25, 0.3) is 0 Å². The van der Waals surface area contributed by atoms with E-state index in [-0.39, 0.29) is 0 Å². The molecule has 4 aromatic heterocycles. The Kier molecular flexibility index (Phi) is 7.38. The second-order valence-corrected chi connectivity index (χ2v) is 13.8. The zero-order chi connectivity index (χ0) is 37.0. The summed E-state index contributed by atoms with van der Waals surface area (Å²) >= 11 is 0. The third-order valence-electron chi connectivity index (χ3n) is 10.4. The molecule has 0 aliphatic heterocycles. The Bertz CT molecular complexity index is 3000. The van der Waals surface area contributed by atoms with Gasteiger partial charge in [-0.25, -0.2) is 19.9 Å². The maximum absolute atomic E-state index is 6.59. The first-order valence-corrected chi connectivity index (χ1v) is 18.6. The Labute approximate surface area is 321 Å². The Morgan fingerprint density at radius 1 is 0.286 bits per heavy atom. The molecule has 0 saturated heterocycles. The Hall–Kier alpha value is -7.70. The van der Waals surface area contributed by atoms with Crippen molar-refractivity contribution in [2.75, 3.05) is 0 Å². The Morgan fingerprint density at radius 3 is 1.05 bits per heavy atom. The molecule has 262 valence electrons. The monoisotopic (exact) mass is 718 g/mol. The summed E-state index contributed by atoms with van der Waals surface area (Å²) in [4.78, 5) is 20.9. The van der Waals surface area contributed by atoms with Crippen LogP contribution < -0.4 is 0 Å². The number of furan rings is 2. The van der Waals surface area contributed by atoms with Crippen LogP contribution in [0.2, 0.25) is 0 Å². The summed E-state index contributed by atoms with van der Waals surface area (Å²) in [5.74, 6) is 1.20. The van der Waals surface area contributed by atoms with Gasteiger partial charge in [0.15, 0.2) is 22.8 Å². The van der Waals surface area contributed by atoms with Crippen molar-refractivity contribution in [1.29, 1.82) is 0 Å². The minimum atomic E-state index is 0.601. The molecule has 11 aromatic rings. The maximum Gasteiger partial charge on any atom is 0.180 e. The van der Waals surface area contributed by atoms with Crippen molar-refractivity contribution in [2.24, 2.45) is 0 Å². The summed E-state index contributed by atoms with van der Waals surface area (Å²) in [6, 6.07) is 61.7. The highest BCUT2D eigenvalue weighted by atomic mass is 16.3. The van der Waals surface area contributed by atoms with Crippen LogP contribution in [0.25, 0.3) is 112 Å². The number of hydrogen-bond acceptors (Lipinski definition) is 6. The fraction of sp³-hybridized carbons (Fsp3) is 0. The topological polar surface area (TPSA) is 77.8 Å². The number of aromatic nitrogens is 4. The standard InChI is InChI=1S/C50H30N4O2/c1-3-13-31(14-4-1)33-23-27-35(28-24-33)49-51-43(47-45(53-49)39-19-9-11-21-41(39)55-47)37-17-7-8-18-38(37)44-48-46(40-20-10-12-22-42(40)56-48)54-50(52-44)36-29-25-34(26-30-36)32-15-5-2-6-16-32/h1-30H. The summed E-state index contributed by atoms with van der Waals surface area (Å²) in [7, 11) is 0. The predicted molar refractivity (Wildman–Crippen MR) is 225 cm³/mol. The van der Waals surface area contributed by atoms with E-state index in [1.54, 1.807) is 0 Å². The van der Waals surface area contributed by atoms with E-state index in [0.717, 1.165) is 77.5 Å². The van der Waals surface area contributed by atoms with Gasteiger partial charge in [0.2, 0.25) is 0 Å². The lowest BCUT2D eigenvalue weighted by Crippen LogP contribution is -1.98. The zero-order valence-electron chi connectivity index (χ0n) is 29.9. The summed E-state index contributed by atoms with van der Waals surface area (Å²) < 4.78 is 13.2. The molecule has 0 aliphatic rings. The SMILES string of the molecule is c1ccc(-c2ccc(-c3nc(-c4ccccc4-c4nc(-c5ccc(-c6ccccc6)cc5)nc5c4oc4ccccc45)c4oc5ccccc5c4n3)cc2)cc1. The van der Waals surface area contributed by atoms with Crippen molar-refractivity contribution in [3.8, 4) is 67.5 Å². The highest BCUT2D eigenvalue weighted by Crippen LogP contribution is 2.42. The highest BCUT2D eigenvalue weighted by molar-refractivity contribution is 6.11. The molecule has 0 fully saturated rings. The molecule has 0 atom stereocenters. The van der Waals surface area contributed by atoms with Crippen LogP contribution in [0.4, 0.5) is 0 Å². The van der Waals surface area contributed by atoms with Crippen LogP contribution in [-0.4, -0.2) is 19.9 Å². The fourth-order valence-corrected chi connectivity index (χ4v) is 7.59. The fourth-order valence-electron chi connectivity index (χ4n) is 7.59. The number of benzene rings is 7. The van der Waals surface area contributed by atoms with E-state index in [1.165, 1.54) is 0 Å². The summed E-state index contributed by atoms with van der Waals surface area (Å²) in [5.41, 5.74) is 13.6. The van der Waals surface area contributed by atoms with Crippen molar-refractivity contribution in [2.45, 2.75) is 0 Å². The molecule has 0 unspecified atom stereocenters. The number of fused-ring (bicyclic) bond motifs is 6. The van der Waals surface area contributed by atoms with Gasteiger partial charge in [-0.1, -0.05) is 158 Å². The third-order valence-corrected chi connectivity index (χ3v) is 10.4. The lowest BCUT2D eigenvalue weighted by molar-refractivity contribution is 0.666. The number of hydrogen-bond donors (Lipinski definition) is 0. The summed E-state index contributed by atoms with van der Waals surface area (Å²) in [6.07, 6.45) is 0. The molecule has 7 aromatic carbocycles. The second kappa shape index (κ2) is 13.0. The van der Waals surface area contributed by atoms with Crippen LogP contribution in [0.1, 0.15) is 0 Å². The van der Waals surface area contributed by atoms with Crippen molar-refractivity contribution in [1.82, 2.24) is 19.9 Å². The van der Waals surface area contributed by atoms with Crippen molar-refractivity contribution in [3.05, 3.63) is 182 Å². The molecule has 0 spiro atoms. The van der Waals surface area contributed by atoms with Crippen molar-refractivity contribution < 1.29 is 8.83 Å². The quantitative estimate of drug-likeness (QED) is 0.170. The molecular weight excluding hydrogens is 689 g/mol. The number of para-hydroxylation sites is 2. The molecule has 6 nitrogen and oxygen atoms in total. The van der Waals surface area contributed by atoms with Crippen LogP contribution in [0, 0.1) is 0 Å². The lowest BCUT2D eigenvalue weighted by atomic mass is 9.99. The molecule has 6 heteroatoms. The smallest absolute Gasteiger partial charge is 0.180 e. The van der Waals surface area contributed by atoms with Gasteiger partial charge in [-0.15, -0.1) is 0 Å². The van der Waals surface area contributed by atoms with E-state index in [1.807, 2.05) is 72.8 Å². The largest absolute Gasteiger partial charge is 0.452 e. The van der Waals surface area contributed by atoms with Crippen LogP contribution >= 0.6 is 0 Å². The summed E-state index contributed by atoms with van der Waals surface area (Å²) in [5, 5.41) is 1.85. The molecule has 0 N–H and O–H groups in total. The maximum atomic E-state index is 6.59. The molecule has 0 radical (unpaired) electrons. The van der Waals surface area contributed by atoms with Crippen LogP contribution in [0.5, 0.6) is 0 Å². The third kappa shape index (κ3) is 5.35. The minimum absolute atomic E-state index is 0.601. The van der Waals surface area contributed by atoms with E-state index >= 15 is 0 Å². The van der Waals surface area contributed by atoms with E-state index in [4.69, 9.17) is 28.8 Å². The van der Waals surface area contributed by atoms with Gasteiger partial charge in [-0.05, 0) is 46.5 Å². The van der Waals surface area contributed by atoms with Crippen molar-refractivity contribution >= 4 is 44.1 Å². The van der Waals surface area contributed by atoms with E-state index in [0.29, 0.717) is 34.2 Å². The first kappa shape index (κ1) is 31.8. The second-order valence-electron chi connectivity index (χ2n) is 13.8. The normalized spacial score (nSPS) is 11.6. The van der Waals surface area contributed by atoms with Crippen LogP contribution in [-0.2, 0) is 0 Å². The van der Waals surface area contributed by atoms with Gasteiger partial charge in [0.1, 0.15) is 33.6 Å². The minimum Gasteiger partial charge on any atom is -0.452 e. The molecule has 0 saturated carbocycles. The van der Waals surface area contributed by atoms with E-state index in [9.17, 15) is 0 Å². The van der Waals surface area contributed by atoms with Crippen LogP contribution in [0.3, 0.4) is 0 Å². The van der Waals surface area contributed by atoms with Crippen molar-refractivity contribution in [3.63, 3.8) is 0 Å². The first-order valence-electron chi connectivity index (χ1n) is 18.6. The van der Waals surface area contributed by atoms with E-state index in [2.05, 4.69) is 109 Å². The van der Waals surface area contributed by atoms with Crippen LogP contribution in [0.15, 0.2) is 191 Å². The molecule has 4 heterocycles. The zero-order valence-corrected chi connectivity index (χ0v) is 29.9. The first-order chi connectivity index (χ1) is 27.7.